The highest BCUT2D eigenvalue weighted by Gasteiger charge is 2.15. The zero-order valence-corrected chi connectivity index (χ0v) is 10.3. The van der Waals surface area contributed by atoms with E-state index in [9.17, 15) is 4.79 Å². The topological polar surface area (TPSA) is 62.5 Å². The van der Waals surface area contributed by atoms with Gasteiger partial charge in [0, 0.05) is 26.2 Å². The molecule has 0 bridgehead atoms. The van der Waals surface area contributed by atoms with Crippen LogP contribution in [0.5, 0.6) is 0 Å². The summed E-state index contributed by atoms with van der Waals surface area (Å²) in [5, 5.41) is 6.90. The highest BCUT2D eigenvalue weighted by molar-refractivity contribution is 5.92. The van der Waals surface area contributed by atoms with E-state index in [2.05, 4.69) is 20.3 Å². The lowest BCUT2D eigenvalue weighted by Gasteiger charge is -2.16. The first-order valence-corrected chi connectivity index (χ1v) is 6.11. The van der Waals surface area contributed by atoms with Crippen LogP contribution in [0.3, 0.4) is 0 Å². The molecule has 1 aliphatic rings. The van der Waals surface area contributed by atoms with Crippen LogP contribution in [-0.4, -0.2) is 33.6 Å². The van der Waals surface area contributed by atoms with E-state index >= 15 is 0 Å². The maximum Gasteiger partial charge on any atom is 0.221 e. The second kappa shape index (κ2) is 4.29. The van der Waals surface area contributed by atoms with Crippen molar-refractivity contribution in [2.45, 2.75) is 19.8 Å². The average Bonchev–Trinajstić information content (AvgIpc) is 2.98. The minimum Gasteiger partial charge on any atom is -0.356 e. The zero-order chi connectivity index (χ0) is 12.5. The molecule has 0 aliphatic carbocycles. The maximum absolute atomic E-state index is 11.1. The number of fused-ring (bicyclic) bond motifs is 1. The Kier molecular flexibility index (Phi) is 2.62. The first-order chi connectivity index (χ1) is 8.74. The standard InChI is InChI=1S/C12H15N5O/c1-9(18)14-10-8-13-17-7-4-11(15-12(10)17)16-5-2-3-6-16/h4,7-8H,2-3,5-6H2,1H3,(H,14,18). The summed E-state index contributed by atoms with van der Waals surface area (Å²) in [5.41, 5.74) is 1.35. The normalized spacial score (nSPS) is 15.3. The van der Waals surface area contributed by atoms with Crippen molar-refractivity contribution in [1.82, 2.24) is 14.6 Å². The second-order valence-corrected chi connectivity index (χ2v) is 4.49. The molecule has 1 saturated heterocycles. The van der Waals surface area contributed by atoms with Crippen LogP contribution in [-0.2, 0) is 4.79 Å². The van der Waals surface area contributed by atoms with Crippen molar-refractivity contribution < 1.29 is 4.79 Å². The predicted molar refractivity (Wildman–Crippen MR) is 68.7 cm³/mol. The molecule has 0 saturated carbocycles. The summed E-state index contributed by atoms with van der Waals surface area (Å²) in [6, 6.07) is 1.96. The van der Waals surface area contributed by atoms with Gasteiger partial charge in [0.05, 0.1) is 6.20 Å². The third-order valence-corrected chi connectivity index (χ3v) is 3.10. The van der Waals surface area contributed by atoms with Gasteiger partial charge in [-0.3, -0.25) is 4.79 Å². The van der Waals surface area contributed by atoms with Crippen LogP contribution in [0.1, 0.15) is 19.8 Å². The van der Waals surface area contributed by atoms with Crippen molar-refractivity contribution in [1.29, 1.82) is 0 Å². The van der Waals surface area contributed by atoms with Crippen molar-refractivity contribution in [2.24, 2.45) is 0 Å². The monoisotopic (exact) mass is 245 g/mol. The Morgan fingerprint density at radius 3 is 2.89 bits per heavy atom. The van der Waals surface area contributed by atoms with Crippen LogP contribution in [0.2, 0.25) is 0 Å². The van der Waals surface area contributed by atoms with E-state index in [1.807, 2.05) is 12.3 Å². The lowest BCUT2D eigenvalue weighted by Crippen LogP contribution is -2.19. The summed E-state index contributed by atoms with van der Waals surface area (Å²) in [6.07, 6.45) is 5.92. The summed E-state index contributed by atoms with van der Waals surface area (Å²) < 4.78 is 1.67. The molecular formula is C12H15N5O. The van der Waals surface area contributed by atoms with Gasteiger partial charge in [0.2, 0.25) is 5.91 Å². The van der Waals surface area contributed by atoms with Gasteiger partial charge < -0.3 is 10.2 Å². The fourth-order valence-electron chi connectivity index (χ4n) is 2.26. The molecule has 0 radical (unpaired) electrons. The van der Waals surface area contributed by atoms with E-state index in [0.29, 0.717) is 11.3 Å². The quantitative estimate of drug-likeness (QED) is 0.866. The Morgan fingerprint density at radius 2 is 2.17 bits per heavy atom. The van der Waals surface area contributed by atoms with Crippen LogP contribution in [0.4, 0.5) is 11.5 Å². The summed E-state index contributed by atoms with van der Waals surface area (Å²) in [6.45, 7) is 3.58. The molecule has 3 heterocycles. The Balaban J connectivity index is 2.00. The highest BCUT2D eigenvalue weighted by Crippen LogP contribution is 2.21. The molecule has 2 aromatic rings. The van der Waals surface area contributed by atoms with Gasteiger partial charge >= 0.3 is 0 Å². The van der Waals surface area contributed by atoms with Gasteiger partial charge in [-0.05, 0) is 18.9 Å². The van der Waals surface area contributed by atoms with Crippen LogP contribution in [0, 0.1) is 0 Å². The van der Waals surface area contributed by atoms with Crippen LogP contribution < -0.4 is 10.2 Å². The molecule has 0 spiro atoms. The number of carbonyl (C=O) groups excluding carboxylic acids is 1. The number of aromatic nitrogens is 3. The molecule has 0 aromatic carbocycles. The lowest BCUT2D eigenvalue weighted by molar-refractivity contribution is -0.114. The van der Waals surface area contributed by atoms with Crippen LogP contribution in [0.15, 0.2) is 18.5 Å². The van der Waals surface area contributed by atoms with Gasteiger partial charge in [0.15, 0.2) is 5.65 Å². The van der Waals surface area contributed by atoms with E-state index in [-0.39, 0.29) is 5.91 Å². The molecular weight excluding hydrogens is 230 g/mol. The average molecular weight is 245 g/mol. The van der Waals surface area contributed by atoms with E-state index in [1.165, 1.54) is 19.8 Å². The largest absolute Gasteiger partial charge is 0.356 e. The number of carbonyl (C=O) groups is 1. The third-order valence-electron chi connectivity index (χ3n) is 3.10. The minimum absolute atomic E-state index is 0.113. The number of rotatable bonds is 2. The van der Waals surface area contributed by atoms with Gasteiger partial charge in [-0.1, -0.05) is 0 Å². The van der Waals surface area contributed by atoms with Crippen molar-refractivity contribution in [2.75, 3.05) is 23.3 Å². The molecule has 1 amide bonds. The number of anilines is 2. The van der Waals surface area contributed by atoms with Gasteiger partial charge in [0.1, 0.15) is 11.5 Å². The second-order valence-electron chi connectivity index (χ2n) is 4.49. The van der Waals surface area contributed by atoms with Gasteiger partial charge in [-0.15, -0.1) is 0 Å². The zero-order valence-electron chi connectivity index (χ0n) is 10.3. The first-order valence-electron chi connectivity index (χ1n) is 6.11. The van der Waals surface area contributed by atoms with E-state index in [0.717, 1.165) is 18.9 Å². The van der Waals surface area contributed by atoms with Crippen LogP contribution in [0.25, 0.3) is 5.65 Å². The summed E-state index contributed by atoms with van der Waals surface area (Å²) in [5.74, 6) is 0.838. The van der Waals surface area contributed by atoms with Gasteiger partial charge in [-0.25, -0.2) is 9.50 Å². The molecule has 6 nitrogen and oxygen atoms in total. The lowest BCUT2D eigenvalue weighted by atomic mass is 10.4. The molecule has 1 aliphatic heterocycles. The summed E-state index contributed by atoms with van der Waals surface area (Å²) >= 11 is 0. The van der Waals surface area contributed by atoms with Crippen molar-refractivity contribution in [3.63, 3.8) is 0 Å². The molecule has 1 fully saturated rings. The number of nitrogens with zero attached hydrogens (tertiary/aromatic N) is 4. The molecule has 6 heteroatoms. The molecule has 0 atom stereocenters. The fourth-order valence-corrected chi connectivity index (χ4v) is 2.26. The van der Waals surface area contributed by atoms with E-state index in [1.54, 1.807) is 10.7 Å². The Labute approximate surface area is 105 Å². The Hall–Kier alpha value is -2.11. The van der Waals surface area contributed by atoms with Crippen molar-refractivity contribution in [3.05, 3.63) is 18.5 Å². The smallest absolute Gasteiger partial charge is 0.221 e. The number of nitrogens with one attached hydrogen (secondary N) is 1. The van der Waals surface area contributed by atoms with Crippen molar-refractivity contribution in [3.8, 4) is 0 Å². The molecule has 1 N–H and O–H groups in total. The molecule has 18 heavy (non-hydrogen) atoms. The summed E-state index contributed by atoms with van der Waals surface area (Å²) in [7, 11) is 0. The third kappa shape index (κ3) is 1.90. The first kappa shape index (κ1) is 11.0. The maximum atomic E-state index is 11.1. The van der Waals surface area contributed by atoms with Crippen LogP contribution >= 0.6 is 0 Å². The Bertz CT molecular complexity index is 585. The number of amides is 1. The van der Waals surface area contributed by atoms with E-state index < -0.39 is 0 Å². The molecule has 2 aromatic heterocycles. The minimum atomic E-state index is -0.113. The van der Waals surface area contributed by atoms with E-state index in [4.69, 9.17) is 0 Å². The number of hydrogen-bond donors (Lipinski definition) is 1. The van der Waals surface area contributed by atoms with Gasteiger partial charge in [-0.2, -0.15) is 5.10 Å². The number of hydrogen-bond acceptors (Lipinski definition) is 4. The van der Waals surface area contributed by atoms with Gasteiger partial charge in [0.25, 0.3) is 0 Å². The SMILES string of the molecule is CC(=O)Nc1cnn2ccc(N3CCCC3)nc12. The highest BCUT2D eigenvalue weighted by atomic mass is 16.1. The summed E-state index contributed by atoms with van der Waals surface area (Å²) in [4.78, 5) is 17.9. The predicted octanol–water partition coefficient (Wildman–Crippen LogP) is 1.29. The molecule has 94 valence electrons. The Morgan fingerprint density at radius 1 is 1.39 bits per heavy atom. The van der Waals surface area contributed by atoms with Crippen molar-refractivity contribution >= 4 is 23.1 Å². The fraction of sp³-hybridized carbons (Fsp3) is 0.417. The molecule has 0 unspecified atom stereocenters. The molecule has 3 rings (SSSR count).